The van der Waals surface area contributed by atoms with Crippen molar-refractivity contribution in [2.45, 2.75) is 45.6 Å². The van der Waals surface area contributed by atoms with Gasteiger partial charge in [-0.1, -0.05) is 0 Å². The third kappa shape index (κ3) is 6.42. The number of rotatable bonds is 6. The number of hydrogen-bond donors (Lipinski definition) is 2. The van der Waals surface area contributed by atoms with Gasteiger partial charge in [0.1, 0.15) is 17.7 Å². The Labute approximate surface area is 125 Å². The molecule has 2 rings (SSSR count). The second-order valence-electron chi connectivity index (χ2n) is 6.40. The van der Waals surface area contributed by atoms with Crippen LogP contribution >= 0.6 is 0 Å². The van der Waals surface area contributed by atoms with Gasteiger partial charge in [-0.25, -0.2) is 14.8 Å². The van der Waals surface area contributed by atoms with Gasteiger partial charge in [0.05, 0.1) is 0 Å². The van der Waals surface area contributed by atoms with E-state index in [4.69, 9.17) is 4.74 Å². The van der Waals surface area contributed by atoms with E-state index in [9.17, 15) is 4.79 Å². The first-order valence-corrected chi connectivity index (χ1v) is 7.44. The van der Waals surface area contributed by atoms with E-state index >= 15 is 0 Å². The number of carbonyl (C=O) groups excluding carboxylic acids is 1. The summed E-state index contributed by atoms with van der Waals surface area (Å²) in [6.45, 7) is 6.60. The Bertz CT molecular complexity index is 481. The molecule has 21 heavy (non-hydrogen) atoms. The Kier molecular flexibility index (Phi) is 4.98. The Morgan fingerprint density at radius 1 is 1.33 bits per heavy atom. The second kappa shape index (κ2) is 6.74. The summed E-state index contributed by atoms with van der Waals surface area (Å²) in [7, 11) is 0. The lowest BCUT2D eigenvalue weighted by Crippen LogP contribution is -2.35. The molecule has 0 radical (unpaired) electrons. The average Bonchev–Trinajstić information content (AvgIpc) is 3.17. The van der Waals surface area contributed by atoms with Gasteiger partial charge < -0.3 is 15.4 Å². The average molecular weight is 292 g/mol. The van der Waals surface area contributed by atoms with E-state index in [0.717, 1.165) is 23.9 Å². The third-order valence-electron chi connectivity index (χ3n) is 3.02. The van der Waals surface area contributed by atoms with Gasteiger partial charge in [0.25, 0.3) is 0 Å². The van der Waals surface area contributed by atoms with Crippen molar-refractivity contribution in [1.29, 1.82) is 0 Å². The van der Waals surface area contributed by atoms with E-state index in [1.54, 1.807) is 6.33 Å². The van der Waals surface area contributed by atoms with Crippen molar-refractivity contribution in [1.82, 2.24) is 15.3 Å². The predicted molar refractivity (Wildman–Crippen MR) is 81.2 cm³/mol. The zero-order chi connectivity index (χ0) is 15.3. The zero-order valence-corrected chi connectivity index (χ0v) is 13.0. The molecule has 1 aliphatic rings. The van der Waals surface area contributed by atoms with Crippen LogP contribution in [0.3, 0.4) is 0 Å². The van der Waals surface area contributed by atoms with Gasteiger partial charge in [0, 0.05) is 24.8 Å². The van der Waals surface area contributed by atoms with Crippen LogP contribution in [-0.2, 0) is 11.2 Å². The lowest BCUT2D eigenvalue weighted by atomic mass is 10.2. The largest absolute Gasteiger partial charge is 0.444 e. The van der Waals surface area contributed by atoms with Crippen LogP contribution in [0.5, 0.6) is 0 Å². The van der Waals surface area contributed by atoms with Gasteiger partial charge in [-0.2, -0.15) is 0 Å². The molecule has 1 heterocycles. The molecule has 0 unspecified atom stereocenters. The summed E-state index contributed by atoms with van der Waals surface area (Å²) < 4.78 is 5.16. The molecule has 116 valence electrons. The van der Waals surface area contributed by atoms with Crippen LogP contribution in [0.2, 0.25) is 0 Å². The van der Waals surface area contributed by atoms with Gasteiger partial charge in [0.15, 0.2) is 0 Å². The molecule has 0 atom stereocenters. The normalized spacial score (nSPS) is 14.6. The van der Waals surface area contributed by atoms with Crippen molar-refractivity contribution in [3.63, 3.8) is 0 Å². The van der Waals surface area contributed by atoms with E-state index in [1.807, 2.05) is 26.8 Å². The van der Waals surface area contributed by atoms with Crippen LogP contribution in [0.25, 0.3) is 0 Å². The second-order valence-corrected chi connectivity index (χ2v) is 6.40. The maximum absolute atomic E-state index is 11.5. The molecule has 0 saturated heterocycles. The smallest absolute Gasteiger partial charge is 0.407 e. The molecule has 0 bridgehead atoms. The van der Waals surface area contributed by atoms with Crippen LogP contribution in [-0.4, -0.2) is 34.8 Å². The molecular weight excluding hydrogens is 268 g/mol. The van der Waals surface area contributed by atoms with E-state index in [2.05, 4.69) is 20.6 Å². The van der Waals surface area contributed by atoms with Gasteiger partial charge in [-0.15, -0.1) is 0 Å². The molecule has 0 aromatic carbocycles. The minimum absolute atomic E-state index is 0.401. The Hall–Kier alpha value is -1.85. The number of nitrogens with one attached hydrogen (secondary N) is 2. The van der Waals surface area contributed by atoms with Crippen molar-refractivity contribution >= 4 is 11.9 Å². The first-order valence-electron chi connectivity index (χ1n) is 7.44. The van der Waals surface area contributed by atoms with Crippen molar-refractivity contribution in [3.8, 4) is 0 Å². The van der Waals surface area contributed by atoms with Crippen LogP contribution in [0, 0.1) is 5.92 Å². The van der Waals surface area contributed by atoms with Crippen molar-refractivity contribution in [2.24, 2.45) is 5.92 Å². The predicted octanol–water partition coefficient (Wildman–Crippen LogP) is 2.37. The van der Waals surface area contributed by atoms with Crippen LogP contribution in [0.15, 0.2) is 12.4 Å². The molecule has 0 aliphatic heterocycles. The molecule has 1 aromatic heterocycles. The highest BCUT2D eigenvalue weighted by Gasteiger charge is 2.22. The molecular formula is C15H24N4O2. The molecule has 1 saturated carbocycles. The molecule has 6 nitrogen and oxygen atoms in total. The van der Waals surface area contributed by atoms with Gasteiger partial charge >= 0.3 is 6.09 Å². The third-order valence-corrected chi connectivity index (χ3v) is 3.02. The monoisotopic (exact) mass is 292 g/mol. The quantitative estimate of drug-likeness (QED) is 0.787. The summed E-state index contributed by atoms with van der Waals surface area (Å²) in [5.41, 5.74) is 0.608. The maximum Gasteiger partial charge on any atom is 0.407 e. The summed E-state index contributed by atoms with van der Waals surface area (Å²) in [6.07, 6.45) is 4.84. The standard InChI is InChI=1S/C15H24N4O2/c1-15(2,3)21-14(20)17-7-6-16-13-9-12(18-10-19-13)8-11-4-5-11/h9-11H,4-8H2,1-3H3,(H,17,20)(H,16,18,19). The van der Waals surface area contributed by atoms with E-state index in [1.165, 1.54) is 12.8 Å². The van der Waals surface area contributed by atoms with Crippen molar-refractivity contribution in [2.75, 3.05) is 18.4 Å². The Balaban J connectivity index is 1.67. The fraction of sp³-hybridized carbons (Fsp3) is 0.667. The Morgan fingerprint density at radius 2 is 2.10 bits per heavy atom. The number of ether oxygens (including phenoxy) is 1. The van der Waals surface area contributed by atoms with E-state index in [0.29, 0.717) is 13.1 Å². The van der Waals surface area contributed by atoms with Gasteiger partial charge in [-0.05, 0) is 46.0 Å². The van der Waals surface area contributed by atoms with E-state index < -0.39 is 11.7 Å². The van der Waals surface area contributed by atoms with Crippen LogP contribution in [0.4, 0.5) is 10.6 Å². The maximum atomic E-state index is 11.5. The molecule has 1 amide bonds. The number of carbonyl (C=O) groups is 1. The SMILES string of the molecule is CC(C)(C)OC(=O)NCCNc1cc(CC2CC2)ncn1. The van der Waals surface area contributed by atoms with Gasteiger partial charge in [0.2, 0.25) is 0 Å². The number of alkyl carbamates (subject to hydrolysis) is 1. The number of amides is 1. The Morgan fingerprint density at radius 3 is 2.76 bits per heavy atom. The fourth-order valence-corrected chi connectivity index (χ4v) is 1.89. The van der Waals surface area contributed by atoms with Gasteiger partial charge in [-0.3, -0.25) is 0 Å². The molecule has 2 N–H and O–H groups in total. The summed E-state index contributed by atoms with van der Waals surface area (Å²) >= 11 is 0. The molecule has 1 aromatic rings. The molecule has 1 aliphatic carbocycles. The first-order chi connectivity index (χ1) is 9.92. The lowest BCUT2D eigenvalue weighted by Gasteiger charge is -2.19. The zero-order valence-electron chi connectivity index (χ0n) is 13.0. The lowest BCUT2D eigenvalue weighted by molar-refractivity contribution is 0.0530. The summed E-state index contributed by atoms with van der Waals surface area (Å²) in [4.78, 5) is 19.9. The minimum Gasteiger partial charge on any atom is -0.444 e. The molecule has 0 spiro atoms. The number of anilines is 1. The van der Waals surface area contributed by atoms with Crippen molar-refractivity contribution < 1.29 is 9.53 Å². The minimum atomic E-state index is -0.470. The number of hydrogen-bond acceptors (Lipinski definition) is 5. The fourth-order valence-electron chi connectivity index (χ4n) is 1.89. The summed E-state index contributed by atoms with van der Waals surface area (Å²) in [5.74, 6) is 1.60. The highest BCUT2D eigenvalue weighted by Crippen LogP contribution is 2.32. The van der Waals surface area contributed by atoms with Crippen molar-refractivity contribution in [3.05, 3.63) is 18.1 Å². The molecule has 1 fully saturated rings. The number of nitrogens with zero attached hydrogens (tertiary/aromatic N) is 2. The topological polar surface area (TPSA) is 76.1 Å². The van der Waals surface area contributed by atoms with E-state index in [-0.39, 0.29) is 0 Å². The van der Waals surface area contributed by atoms with Crippen LogP contribution in [0.1, 0.15) is 39.3 Å². The summed E-state index contributed by atoms with van der Waals surface area (Å²) in [6, 6.07) is 1.98. The number of aromatic nitrogens is 2. The van der Waals surface area contributed by atoms with Crippen LogP contribution < -0.4 is 10.6 Å². The highest BCUT2D eigenvalue weighted by molar-refractivity contribution is 5.67. The summed E-state index contributed by atoms with van der Waals surface area (Å²) in [5, 5.41) is 5.87. The highest BCUT2D eigenvalue weighted by atomic mass is 16.6. The first kappa shape index (κ1) is 15.5. The molecule has 6 heteroatoms.